The number of carbonyl (C=O) groups excluding carboxylic acids is 1. The SMILES string of the molecule is CCOC(=O)C1(COc2ccccc2)CC(CN)=NO1. The summed E-state index contributed by atoms with van der Waals surface area (Å²) in [5, 5.41) is 3.83. The molecule has 1 aliphatic rings. The summed E-state index contributed by atoms with van der Waals surface area (Å²) < 4.78 is 10.7. The number of hydrogen-bond donors (Lipinski definition) is 1. The van der Waals surface area contributed by atoms with Gasteiger partial charge in [0.2, 0.25) is 0 Å². The van der Waals surface area contributed by atoms with Gasteiger partial charge < -0.3 is 20.0 Å². The van der Waals surface area contributed by atoms with Gasteiger partial charge in [-0.15, -0.1) is 0 Å². The first-order valence-corrected chi connectivity index (χ1v) is 6.49. The van der Waals surface area contributed by atoms with Gasteiger partial charge in [0.05, 0.1) is 12.3 Å². The predicted octanol–water partition coefficient (Wildman–Crippen LogP) is 1.10. The third-order valence-corrected chi connectivity index (χ3v) is 2.94. The summed E-state index contributed by atoms with van der Waals surface area (Å²) >= 11 is 0. The van der Waals surface area contributed by atoms with Gasteiger partial charge in [-0.25, -0.2) is 4.79 Å². The van der Waals surface area contributed by atoms with E-state index in [0.29, 0.717) is 11.5 Å². The van der Waals surface area contributed by atoms with E-state index < -0.39 is 11.6 Å². The van der Waals surface area contributed by atoms with Crippen molar-refractivity contribution in [3.05, 3.63) is 30.3 Å². The van der Waals surface area contributed by atoms with E-state index >= 15 is 0 Å². The molecule has 0 amide bonds. The molecule has 0 fully saturated rings. The van der Waals surface area contributed by atoms with E-state index in [9.17, 15) is 4.79 Å². The van der Waals surface area contributed by atoms with Crippen LogP contribution in [0.1, 0.15) is 13.3 Å². The lowest BCUT2D eigenvalue weighted by molar-refractivity contribution is -0.172. The lowest BCUT2D eigenvalue weighted by atomic mass is 9.98. The monoisotopic (exact) mass is 278 g/mol. The number of oxime groups is 1. The summed E-state index contributed by atoms with van der Waals surface area (Å²) in [5.41, 5.74) is 4.92. The molecular weight excluding hydrogens is 260 g/mol. The summed E-state index contributed by atoms with van der Waals surface area (Å²) in [4.78, 5) is 17.4. The fraction of sp³-hybridized carbons (Fsp3) is 0.429. The van der Waals surface area contributed by atoms with Crippen molar-refractivity contribution in [2.45, 2.75) is 18.9 Å². The first kappa shape index (κ1) is 14.3. The Kier molecular flexibility index (Phi) is 4.57. The second kappa shape index (κ2) is 6.38. The number of hydrogen-bond acceptors (Lipinski definition) is 6. The van der Waals surface area contributed by atoms with Crippen LogP contribution in [-0.2, 0) is 14.4 Å². The summed E-state index contributed by atoms with van der Waals surface area (Å²) in [6, 6.07) is 9.19. The number of esters is 1. The Morgan fingerprint density at radius 1 is 1.45 bits per heavy atom. The van der Waals surface area contributed by atoms with E-state index in [0.717, 1.165) is 0 Å². The van der Waals surface area contributed by atoms with Gasteiger partial charge >= 0.3 is 5.97 Å². The second-order valence-corrected chi connectivity index (χ2v) is 4.45. The number of carbonyl (C=O) groups is 1. The average molecular weight is 278 g/mol. The van der Waals surface area contributed by atoms with E-state index in [-0.39, 0.29) is 26.2 Å². The molecule has 0 aliphatic carbocycles. The average Bonchev–Trinajstić information content (AvgIpc) is 2.92. The number of para-hydroxylation sites is 1. The third-order valence-electron chi connectivity index (χ3n) is 2.94. The molecule has 1 atom stereocenters. The maximum atomic E-state index is 12.1. The first-order valence-electron chi connectivity index (χ1n) is 6.49. The molecule has 2 rings (SSSR count). The zero-order valence-corrected chi connectivity index (χ0v) is 11.4. The minimum Gasteiger partial charge on any atom is -0.489 e. The van der Waals surface area contributed by atoms with Crippen molar-refractivity contribution >= 4 is 11.7 Å². The molecule has 0 saturated heterocycles. The molecule has 1 aromatic carbocycles. The van der Waals surface area contributed by atoms with Crippen molar-refractivity contribution in [1.29, 1.82) is 0 Å². The minimum absolute atomic E-state index is 0.0306. The summed E-state index contributed by atoms with van der Waals surface area (Å²) in [6.45, 7) is 2.28. The molecule has 0 spiro atoms. The molecule has 6 heteroatoms. The normalized spacial score (nSPS) is 21.0. The van der Waals surface area contributed by atoms with E-state index in [2.05, 4.69) is 5.16 Å². The fourth-order valence-corrected chi connectivity index (χ4v) is 1.88. The summed E-state index contributed by atoms with van der Waals surface area (Å²) in [7, 11) is 0. The Balaban J connectivity index is 2.06. The number of ether oxygens (including phenoxy) is 2. The smallest absolute Gasteiger partial charge is 0.357 e. The van der Waals surface area contributed by atoms with Crippen LogP contribution in [0.4, 0.5) is 0 Å². The fourth-order valence-electron chi connectivity index (χ4n) is 1.88. The van der Waals surface area contributed by atoms with Crippen molar-refractivity contribution in [2.75, 3.05) is 19.8 Å². The van der Waals surface area contributed by atoms with Crippen LogP contribution in [-0.4, -0.2) is 37.0 Å². The van der Waals surface area contributed by atoms with Gasteiger partial charge in [-0.2, -0.15) is 0 Å². The highest BCUT2D eigenvalue weighted by molar-refractivity contribution is 5.94. The van der Waals surface area contributed by atoms with Crippen LogP contribution < -0.4 is 10.5 Å². The van der Waals surface area contributed by atoms with Crippen molar-refractivity contribution in [2.24, 2.45) is 10.9 Å². The zero-order valence-electron chi connectivity index (χ0n) is 11.4. The molecular formula is C14H18N2O4. The van der Waals surface area contributed by atoms with Crippen LogP contribution >= 0.6 is 0 Å². The largest absolute Gasteiger partial charge is 0.489 e. The number of nitrogens with zero attached hydrogens (tertiary/aromatic N) is 1. The first-order chi connectivity index (χ1) is 9.70. The van der Waals surface area contributed by atoms with Gasteiger partial charge in [0.1, 0.15) is 12.4 Å². The van der Waals surface area contributed by atoms with Gasteiger partial charge in [0.25, 0.3) is 5.60 Å². The maximum absolute atomic E-state index is 12.1. The van der Waals surface area contributed by atoms with Gasteiger partial charge in [0.15, 0.2) is 0 Å². The van der Waals surface area contributed by atoms with Crippen LogP contribution in [0.2, 0.25) is 0 Å². The van der Waals surface area contributed by atoms with Crippen molar-refractivity contribution in [1.82, 2.24) is 0 Å². The van der Waals surface area contributed by atoms with E-state index in [1.165, 1.54) is 0 Å². The molecule has 0 saturated carbocycles. The molecule has 6 nitrogen and oxygen atoms in total. The van der Waals surface area contributed by atoms with Gasteiger partial charge in [-0.3, -0.25) is 0 Å². The number of rotatable bonds is 6. The van der Waals surface area contributed by atoms with Gasteiger partial charge in [-0.1, -0.05) is 23.4 Å². The zero-order chi connectivity index (χ0) is 14.4. The molecule has 0 bridgehead atoms. The van der Waals surface area contributed by atoms with E-state index in [1.807, 2.05) is 18.2 Å². The van der Waals surface area contributed by atoms with Gasteiger partial charge in [-0.05, 0) is 19.1 Å². The molecule has 2 N–H and O–H groups in total. The number of benzene rings is 1. The predicted molar refractivity (Wildman–Crippen MR) is 73.5 cm³/mol. The summed E-state index contributed by atoms with van der Waals surface area (Å²) in [6.07, 6.45) is 0.287. The van der Waals surface area contributed by atoms with Crippen LogP contribution in [0.15, 0.2) is 35.5 Å². The van der Waals surface area contributed by atoms with E-state index in [4.69, 9.17) is 20.0 Å². The highest BCUT2D eigenvalue weighted by Gasteiger charge is 2.48. The molecule has 108 valence electrons. The van der Waals surface area contributed by atoms with Crippen LogP contribution in [0.25, 0.3) is 0 Å². The second-order valence-electron chi connectivity index (χ2n) is 4.45. The highest BCUT2D eigenvalue weighted by Crippen LogP contribution is 2.27. The van der Waals surface area contributed by atoms with Crippen molar-refractivity contribution in [3.8, 4) is 5.75 Å². The molecule has 1 aromatic rings. The van der Waals surface area contributed by atoms with Crippen LogP contribution in [0, 0.1) is 0 Å². The lowest BCUT2D eigenvalue weighted by Gasteiger charge is -2.24. The van der Waals surface area contributed by atoms with E-state index in [1.54, 1.807) is 19.1 Å². The Hall–Kier alpha value is -2.08. The van der Waals surface area contributed by atoms with Gasteiger partial charge in [0, 0.05) is 13.0 Å². The number of nitrogens with two attached hydrogens (primary N) is 1. The summed E-state index contributed by atoms with van der Waals surface area (Å²) in [5.74, 6) is 0.170. The Bertz CT molecular complexity index is 489. The Morgan fingerprint density at radius 3 is 2.80 bits per heavy atom. The maximum Gasteiger partial charge on any atom is 0.357 e. The molecule has 0 aromatic heterocycles. The quantitative estimate of drug-likeness (QED) is 0.788. The Morgan fingerprint density at radius 2 is 2.20 bits per heavy atom. The standard InChI is InChI=1S/C14H18N2O4/c1-2-18-13(17)14(8-11(9-15)16-20-14)10-19-12-6-4-3-5-7-12/h3-7H,2,8-10,15H2,1H3. The Labute approximate surface area is 117 Å². The van der Waals surface area contributed by atoms with Crippen LogP contribution in [0.3, 0.4) is 0 Å². The molecule has 1 unspecified atom stereocenters. The highest BCUT2D eigenvalue weighted by atomic mass is 16.7. The van der Waals surface area contributed by atoms with Crippen molar-refractivity contribution in [3.63, 3.8) is 0 Å². The van der Waals surface area contributed by atoms with Crippen molar-refractivity contribution < 1.29 is 19.1 Å². The lowest BCUT2D eigenvalue weighted by Crippen LogP contribution is -2.46. The molecule has 0 radical (unpaired) electrons. The topological polar surface area (TPSA) is 83.1 Å². The molecule has 1 heterocycles. The minimum atomic E-state index is -1.24. The molecule has 1 aliphatic heterocycles. The van der Waals surface area contributed by atoms with Crippen LogP contribution in [0.5, 0.6) is 5.75 Å². The third kappa shape index (κ3) is 3.08. The molecule has 20 heavy (non-hydrogen) atoms.